The molecule has 0 fully saturated rings. The second-order valence-electron chi connectivity index (χ2n) is 3.64. The molecule has 15 heavy (non-hydrogen) atoms. The summed E-state index contributed by atoms with van der Waals surface area (Å²) in [5.74, 6) is 1.70. The summed E-state index contributed by atoms with van der Waals surface area (Å²) < 4.78 is 0. The van der Waals surface area contributed by atoms with Crippen LogP contribution in [0.25, 0.3) is 11.4 Å². The van der Waals surface area contributed by atoms with Crippen LogP contribution in [0.2, 0.25) is 0 Å². The van der Waals surface area contributed by atoms with Crippen molar-refractivity contribution in [2.45, 2.75) is 19.9 Å². The molecule has 0 atom stereocenters. The second-order valence-corrected chi connectivity index (χ2v) is 3.64. The van der Waals surface area contributed by atoms with Crippen LogP contribution in [-0.2, 0) is 0 Å². The Hall–Kier alpha value is -1.84. The molecule has 0 radical (unpaired) electrons. The predicted octanol–water partition coefficient (Wildman–Crippen LogP) is 2.29. The van der Waals surface area contributed by atoms with Gasteiger partial charge in [0.1, 0.15) is 11.6 Å². The fourth-order valence-electron chi connectivity index (χ4n) is 1.40. The van der Waals surface area contributed by atoms with Gasteiger partial charge in [-0.1, -0.05) is 0 Å². The van der Waals surface area contributed by atoms with E-state index < -0.39 is 0 Å². The Labute approximate surface area is 88.8 Å². The first kappa shape index (κ1) is 9.71. The Kier molecular flexibility index (Phi) is 2.67. The SMILES string of the molecule is CC(C)Nc1ncccc1-c1ncc[nH]1. The number of hydrogen-bond acceptors (Lipinski definition) is 3. The van der Waals surface area contributed by atoms with E-state index in [1.807, 2.05) is 18.3 Å². The van der Waals surface area contributed by atoms with E-state index in [4.69, 9.17) is 0 Å². The number of nitrogens with one attached hydrogen (secondary N) is 2. The van der Waals surface area contributed by atoms with Crippen LogP contribution >= 0.6 is 0 Å². The summed E-state index contributed by atoms with van der Waals surface area (Å²) in [6.07, 6.45) is 5.32. The molecule has 0 aliphatic rings. The fraction of sp³-hybridized carbons (Fsp3) is 0.273. The first-order valence-electron chi connectivity index (χ1n) is 4.98. The Bertz CT molecular complexity index is 420. The Morgan fingerprint density at radius 1 is 1.27 bits per heavy atom. The highest BCUT2D eigenvalue weighted by molar-refractivity contribution is 5.69. The van der Waals surface area contributed by atoms with Crippen molar-refractivity contribution in [1.82, 2.24) is 15.0 Å². The van der Waals surface area contributed by atoms with Crippen LogP contribution in [0, 0.1) is 0 Å². The third kappa shape index (κ3) is 2.15. The molecule has 0 amide bonds. The zero-order valence-corrected chi connectivity index (χ0v) is 8.86. The van der Waals surface area contributed by atoms with Crippen LogP contribution < -0.4 is 5.32 Å². The minimum atomic E-state index is 0.355. The molecule has 0 saturated carbocycles. The van der Waals surface area contributed by atoms with Gasteiger partial charge in [-0.3, -0.25) is 0 Å². The zero-order valence-electron chi connectivity index (χ0n) is 8.86. The molecule has 2 heterocycles. The van der Waals surface area contributed by atoms with Gasteiger partial charge < -0.3 is 10.3 Å². The van der Waals surface area contributed by atoms with Crippen LogP contribution in [0.15, 0.2) is 30.7 Å². The Morgan fingerprint density at radius 2 is 2.13 bits per heavy atom. The average molecular weight is 202 g/mol. The van der Waals surface area contributed by atoms with Crippen molar-refractivity contribution < 1.29 is 0 Å². The molecule has 2 rings (SSSR count). The highest BCUT2D eigenvalue weighted by Crippen LogP contribution is 2.22. The van der Waals surface area contributed by atoms with Crippen molar-refractivity contribution in [2.75, 3.05) is 5.32 Å². The number of aromatic nitrogens is 3. The lowest BCUT2D eigenvalue weighted by Crippen LogP contribution is -2.12. The van der Waals surface area contributed by atoms with Gasteiger partial charge in [0.2, 0.25) is 0 Å². The van der Waals surface area contributed by atoms with Crippen LogP contribution in [0.1, 0.15) is 13.8 Å². The molecule has 0 saturated heterocycles. The van der Waals surface area contributed by atoms with Gasteiger partial charge in [0.25, 0.3) is 0 Å². The van der Waals surface area contributed by atoms with E-state index in [-0.39, 0.29) is 0 Å². The summed E-state index contributed by atoms with van der Waals surface area (Å²) >= 11 is 0. The van der Waals surface area contributed by atoms with Gasteiger partial charge in [0, 0.05) is 24.6 Å². The highest BCUT2D eigenvalue weighted by Gasteiger charge is 2.07. The predicted molar refractivity (Wildman–Crippen MR) is 60.6 cm³/mol. The van der Waals surface area contributed by atoms with Crippen LogP contribution in [0.5, 0.6) is 0 Å². The van der Waals surface area contributed by atoms with Crippen LogP contribution in [-0.4, -0.2) is 21.0 Å². The first-order valence-corrected chi connectivity index (χ1v) is 4.98. The van der Waals surface area contributed by atoms with Crippen LogP contribution in [0.4, 0.5) is 5.82 Å². The van der Waals surface area contributed by atoms with Crippen molar-refractivity contribution in [2.24, 2.45) is 0 Å². The number of imidazole rings is 1. The van der Waals surface area contributed by atoms with E-state index in [0.717, 1.165) is 17.2 Å². The summed E-state index contributed by atoms with van der Waals surface area (Å²) in [4.78, 5) is 11.6. The van der Waals surface area contributed by atoms with Gasteiger partial charge in [0.05, 0.1) is 5.56 Å². The summed E-state index contributed by atoms with van der Waals surface area (Å²) in [7, 11) is 0. The van der Waals surface area contributed by atoms with Gasteiger partial charge in [-0.25, -0.2) is 9.97 Å². The minimum Gasteiger partial charge on any atom is -0.367 e. The molecule has 2 N–H and O–H groups in total. The van der Waals surface area contributed by atoms with E-state index in [0.29, 0.717) is 6.04 Å². The summed E-state index contributed by atoms with van der Waals surface area (Å²) in [6.45, 7) is 4.17. The normalized spacial score (nSPS) is 10.6. The standard InChI is InChI=1S/C11H14N4/c1-8(2)15-11-9(4-3-5-12-11)10-13-6-7-14-10/h3-8H,1-2H3,(H,12,15)(H,13,14). The maximum absolute atomic E-state index is 4.30. The van der Waals surface area contributed by atoms with Crippen molar-refractivity contribution in [1.29, 1.82) is 0 Å². The van der Waals surface area contributed by atoms with E-state index in [9.17, 15) is 0 Å². The summed E-state index contributed by atoms with van der Waals surface area (Å²) in [6, 6.07) is 4.26. The van der Waals surface area contributed by atoms with Gasteiger partial charge in [-0.2, -0.15) is 0 Å². The highest BCUT2D eigenvalue weighted by atomic mass is 15.0. The molecule has 0 aliphatic carbocycles. The van der Waals surface area contributed by atoms with Gasteiger partial charge in [-0.15, -0.1) is 0 Å². The topological polar surface area (TPSA) is 53.6 Å². The van der Waals surface area contributed by atoms with Gasteiger partial charge in [-0.05, 0) is 26.0 Å². The molecule has 0 aliphatic heterocycles. The zero-order chi connectivity index (χ0) is 10.7. The number of nitrogens with zero attached hydrogens (tertiary/aromatic N) is 2. The third-order valence-electron chi connectivity index (χ3n) is 1.99. The molecular weight excluding hydrogens is 188 g/mol. The number of aromatic amines is 1. The lowest BCUT2D eigenvalue weighted by atomic mass is 10.2. The molecule has 2 aromatic heterocycles. The van der Waals surface area contributed by atoms with Crippen molar-refractivity contribution in [3.63, 3.8) is 0 Å². The number of pyridine rings is 1. The maximum atomic E-state index is 4.30. The third-order valence-corrected chi connectivity index (χ3v) is 1.99. The summed E-state index contributed by atoms with van der Waals surface area (Å²) in [5, 5.41) is 3.29. The average Bonchev–Trinajstić information content (AvgIpc) is 2.70. The largest absolute Gasteiger partial charge is 0.367 e. The van der Waals surface area contributed by atoms with Crippen molar-refractivity contribution >= 4 is 5.82 Å². The smallest absolute Gasteiger partial charge is 0.141 e. The number of rotatable bonds is 3. The van der Waals surface area contributed by atoms with Gasteiger partial charge in [0.15, 0.2) is 0 Å². The summed E-state index contributed by atoms with van der Waals surface area (Å²) in [5.41, 5.74) is 0.996. The van der Waals surface area contributed by atoms with Crippen LogP contribution in [0.3, 0.4) is 0 Å². The molecule has 78 valence electrons. The Morgan fingerprint density at radius 3 is 2.80 bits per heavy atom. The lowest BCUT2D eigenvalue weighted by molar-refractivity contribution is 0.889. The molecule has 0 aromatic carbocycles. The molecule has 0 unspecified atom stereocenters. The number of hydrogen-bond donors (Lipinski definition) is 2. The second kappa shape index (κ2) is 4.13. The Balaban J connectivity index is 2.38. The fourth-order valence-corrected chi connectivity index (χ4v) is 1.40. The lowest BCUT2D eigenvalue weighted by Gasteiger charge is -2.11. The molecular formula is C11H14N4. The van der Waals surface area contributed by atoms with E-state index in [2.05, 4.69) is 34.1 Å². The molecule has 2 aromatic rings. The molecule has 4 heteroatoms. The number of H-pyrrole nitrogens is 1. The van der Waals surface area contributed by atoms with Gasteiger partial charge >= 0.3 is 0 Å². The van der Waals surface area contributed by atoms with Crippen molar-refractivity contribution in [3.05, 3.63) is 30.7 Å². The van der Waals surface area contributed by atoms with E-state index in [1.165, 1.54) is 0 Å². The van der Waals surface area contributed by atoms with E-state index in [1.54, 1.807) is 12.4 Å². The van der Waals surface area contributed by atoms with Crippen molar-refractivity contribution in [3.8, 4) is 11.4 Å². The first-order chi connectivity index (χ1) is 7.27. The maximum Gasteiger partial charge on any atom is 0.141 e. The quantitative estimate of drug-likeness (QED) is 0.802. The minimum absolute atomic E-state index is 0.355. The molecule has 4 nitrogen and oxygen atoms in total. The molecule has 0 spiro atoms. The van der Waals surface area contributed by atoms with E-state index >= 15 is 0 Å². The monoisotopic (exact) mass is 202 g/mol. The molecule has 0 bridgehead atoms. The number of anilines is 1.